The third-order valence-corrected chi connectivity index (χ3v) is 2.06. The van der Waals surface area contributed by atoms with Crippen molar-refractivity contribution >= 4 is 11.0 Å². The molecule has 0 fully saturated rings. The SMILES string of the molecule is Cn1c(=O)c(F)c(F)c2c(=O)[nH]cnc21. The molecule has 2 aromatic heterocycles. The van der Waals surface area contributed by atoms with Crippen LogP contribution < -0.4 is 11.1 Å². The van der Waals surface area contributed by atoms with Gasteiger partial charge >= 0.3 is 0 Å². The van der Waals surface area contributed by atoms with Crippen molar-refractivity contribution in [2.24, 2.45) is 7.05 Å². The van der Waals surface area contributed by atoms with Crippen LogP contribution in [-0.2, 0) is 7.05 Å². The van der Waals surface area contributed by atoms with Gasteiger partial charge in [0.15, 0.2) is 11.5 Å². The maximum Gasteiger partial charge on any atom is 0.291 e. The highest BCUT2D eigenvalue weighted by atomic mass is 19.2. The Bertz CT molecular complexity index is 659. The molecule has 0 amide bonds. The molecular weight excluding hydrogens is 208 g/mol. The standard InChI is InChI=1S/C8H5F2N3O2/c1-13-6-3(7(14)12-2-11-6)4(9)5(10)8(13)15/h2H,1H3,(H,11,12,14). The first-order valence-electron chi connectivity index (χ1n) is 3.95. The van der Waals surface area contributed by atoms with Crippen LogP contribution in [0.15, 0.2) is 15.9 Å². The smallest absolute Gasteiger partial charge is 0.291 e. The van der Waals surface area contributed by atoms with Gasteiger partial charge in [-0.05, 0) is 0 Å². The molecule has 78 valence electrons. The van der Waals surface area contributed by atoms with Crippen molar-refractivity contribution in [2.45, 2.75) is 0 Å². The molecule has 0 bridgehead atoms. The van der Waals surface area contributed by atoms with Crippen LogP contribution in [0.1, 0.15) is 0 Å². The van der Waals surface area contributed by atoms with Crippen molar-refractivity contribution in [3.8, 4) is 0 Å². The third kappa shape index (κ3) is 1.16. The number of pyridine rings is 1. The molecule has 15 heavy (non-hydrogen) atoms. The lowest BCUT2D eigenvalue weighted by molar-refractivity contribution is 0.495. The Hall–Kier alpha value is -2.05. The first-order chi connectivity index (χ1) is 7.04. The van der Waals surface area contributed by atoms with Gasteiger partial charge in [0.05, 0.1) is 6.33 Å². The number of rotatable bonds is 0. The average Bonchev–Trinajstić information content (AvgIpc) is 2.23. The van der Waals surface area contributed by atoms with Crippen LogP contribution in [-0.4, -0.2) is 14.5 Å². The maximum absolute atomic E-state index is 13.3. The summed E-state index contributed by atoms with van der Waals surface area (Å²) in [6.07, 6.45) is 1.02. The van der Waals surface area contributed by atoms with Crippen molar-refractivity contribution in [1.82, 2.24) is 14.5 Å². The number of hydrogen-bond acceptors (Lipinski definition) is 3. The zero-order valence-corrected chi connectivity index (χ0v) is 7.54. The van der Waals surface area contributed by atoms with E-state index in [1.54, 1.807) is 0 Å². The highest BCUT2D eigenvalue weighted by Crippen LogP contribution is 2.09. The van der Waals surface area contributed by atoms with Crippen molar-refractivity contribution < 1.29 is 8.78 Å². The zero-order valence-electron chi connectivity index (χ0n) is 7.54. The summed E-state index contributed by atoms with van der Waals surface area (Å²) in [5.41, 5.74) is -2.17. The van der Waals surface area contributed by atoms with E-state index in [9.17, 15) is 18.4 Å². The van der Waals surface area contributed by atoms with E-state index in [-0.39, 0.29) is 5.65 Å². The van der Waals surface area contributed by atoms with Gasteiger partial charge in [0, 0.05) is 7.05 Å². The highest BCUT2D eigenvalue weighted by Gasteiger charge is 2.17. The van der Waals surface area contributed by atoms with Crippen molar-refractivity contribution in [3.05, 3.63) is 38.7 Å². The Morgan fingerprint density at radius 1 is 1.33 bits per heavy atom. The Balaban J connectivity index is 3.23. The number of halogens is 2. The first-order valence-corrected chi connectivity index (χ1v) is 3.95. The van der Waals surface area contributed by atoms with Gasteiger partial charge in [-0.2, -0.15) is 4.39 Å². The van der Waals surface area contributed by atoms with Gasteiger partial charge < -0.3 is 4.98 Å². The number of fused-ring (bicyclic) bond motifs is 1. The van der Waals surface area contributed by atoms with Gasteiger partial charge in [0.1, 0.15) is 5.39 Å². The molecular formula is C8H5F2N3O2. The maximum atomic E-state index is 13.3. The van der Waals surface area contributed by atoms with Gasteiger partial charge in [0.25, 0.3) is 11.1 Å². The summed E-state index contributed by atoms with van der Waals surface area (Å²) in [4.78, 5) is 28.0. The quantitative estimate of drug-likeness (QED) is 0.664. The minimum atomic E-state index is -1.58. The topological polar surface area (TPSA) is 67.8 Å². The average molecular weight is 213 g/mol. The van der Waals surface area contributed by atoms with Gasteiger partial charge in [-0.3, -0.25) is 14.2 Å². The molecule has 0 aliphatic rings. The minimum absolute atomic E-state index is 0.192. The number of nitrogens with one attached hydrogen (secondary N) is 1. The molecule has 0 aromatic carbocycles. The lowest BCUT2D eigenvalue weighted by Gasteiger charge is -2.03. The Morgan fingerprint density at radius 3 is 2.67 bits per heavy atom. The largest absolute Gasteiger partial charge is 0.312 e. The van der Waals surface area contributed by atoms with Gasteiger partial charge in [-0.1, -0.05) is 0 Å². The van der Waals surface area contributed by atoms with Crippen LogP contribution in [0.5, 0.6) is 0 Å². The molecule has 0 unspecified atom stereocenters. The molecule has 1 N–H and O–H groups in total. The van der Waals surface area contributed by atoms with E-state index in [1.165, 1.54) is 7.05 Å². The lowest BCUT2D eigenvalue weighted by Crippen LogP contribution is -2.26. The number of nitrogens with zero attached hydrogens (tertiary/aromatic N) is 2. The van der Waals surface area contributed by atoms with E-state index >= 15 is 0 Å². The van der Waals surface area contributed by atoms with Crippen LogP contribution in [0.4, 0.5) is 8.78 Å². The Labute approximate surface area is 81.0 Å². The summed E-state index contributed by atoms with van der Waals surface area (Å²) in [6, 6.07) is 0. The van der Waals surface area contributed by atoms with Crippen molar-refractivity contribution in [1.29, 1.82) is 0 Å². The summed E-state index contributed by atoms with van der Waals surface area (Å²) in [5.74, 6) is -3.05. The van der Waals surface area contributed by atoms with Gasteiger partial charge in [0.2, 0.25) is 5.82 Å². The molecule has 7 heteroatoms. The summed E-state index contributed by atoms with van der Waals surface area (Å²) in [7, 11) is 1.21. The molecule has 0 radical (unpaired) electrons. The van der Waals surface area contributed by atoms with Gasteiger partial charge in [-0.15, -0.1) is 0 Å². The summed E-state index contributed by atoms with van der Waals surface area (Å²) in [6.45, 7) is 0. The summed E-state index contributed by atoms with van der Waals surface area (Å²) in [5, 5.41) is -0.558. The molecule has 0 saturated carbocycles. The van der Waals surface area contributed by atoms with Crippen LogP contribution in [0.2, 0.25) is 0 Å². The predicted molar refractivity (Wildman–Crippen MR) is 47.5 cm³/mol. The van der Waals surface area contributed by atoms with Crippen molar-refractivity contribution in [3.63, 3.8) is 0 Å². The number of aromatic amines is 1. The Kier molecular flexibility index (Phi) is 1.88. The Morgan fingerprint density at radius 2 is 2.00 bits per heavy atom. The molecule has 5 nitrogen and oxygen atoms in total. The van der Waals surface area contributed by atoms with Crippen molar-refractivity contribution in [2.75, 3.05) is 0 Å². The summed E-state index contributed by atoms with van der Waals surface area (Å²) < 4.78 is 27.0. The van der Waals surface area contributed by atoms with Gasteiger partial charge in [-0.25, -0.2) is 9.37 Å². The number of aryl methyl sites for hydroxylation is 1. The van der Waals surface area contributed by atoms with E-state index in [4.69, 9.17) is 0 Å². The monoisotopic (exact) mass is 213 g/mol. The van der Waals surface area contributed by atoms with Crippen LogP contribution >= 0.6 is 0 Å². The summed E-state index contributed by atoms with van der Waals surface area (Å²) >= 11 is 0. The third-order valence-electron chi connectivity index (χ3n) is 2.06. The fourth-order valence-electron chi connectivity index (χ4n) is 1.29. The molecule has 0 aliphatic carbocycles. The number of hydrogen-bond donors (Lipinski definition) is 1. The number of aromatic nitrogens is 3. The molecule has 0 atom stereocenters. The second kappa shape index (κ2) is 2.97. The van der Waals surface area contributed by atoms with E-state index in [1.807, 2.05) is 0 Å². The molecule has 0 spiro atoms. The van der Waals surface area contributed by atoms with Crippen LogP contribution in [0, 0.1) is 11.6 Å². The van der Waals surface area contributed by atoms with Crippen LogP contribution in [0.3, 0.4) is 0 Å². The second-order valence-corrected chi connectivity index (χ2v) is 2.92. The molecule has 0 aliphatic heterocycles. The minimum Gasteiger partial charge on any atom is -0.312 e. The first kappa shape index (κ1) is 9.50. The molecule has 0 saturated heterocycles. The van der Waals surface area contributed by atoms with E-state index in [0.29, 0.717) is 0 Å². The second-order valence-electron chi connectivity index (χ2n) is 2.92. The molecule has 2 heterocycles. The number of H-pyrrole nitrogens is 1. The lowest BCUT2D eigenvalue weighted by atomic mass is 10.3. The van der Waals surface area contributed by atoms with E-state index in [2.05, 4.69) is 9.97 Å². The van der Waals surface area contributed by atoms with E-state index < -0.39 is 28.1 Å². The predicted octanol–water partition coefficient (Wildman–Crippen LogP) is -0.100. The molecule has 2 aromatic rings. The fourth-order valence-corrected chi connectivity index (χ4v) is 1.29. The highest BCUT2D eigenvalue weighted by molar-refractivity contribution is 5.74. The normalized spacial score (nSPS) is 10.9. The van der Waals surface area contributed by atoms with E-state index in [0.717, 1.165) is 10.9 Å². The fraction of sp³-hybridized carbons (Fsp3) is 0.125. The molecule has 2 rings (SSSR count). The zero-order chi connectivity index (χ0) is 11.2. The van der Waals surface area contributed by atoms with Crippen LogP contribution in [0.25, 0.3) is 11.0 Å².